The Hall–Kier alpha value is -1.67. The third-order valence-electron chi connectivity index (χ3n) is 2.55. The molecule has 0 saturated carbocycles. The Bertz CT molecular complexity index is 487. The van der Waals surface area contributed by atoms with E-state index in [4.69, 9.17) is 0 Å². The zero-order valence-corrected chi connectivity index (χ0v) is 11.4. The minimum atomic E-state index is -5.00. The number of allylic oxidation sites excluding steroid dienone is 3. The number of nitrogens with zero attached hydrogens (tertiary/aromatic N) is 1. The molecule has 0 aromatic carbocycles. The van der Waals surface area contributed by atoms with Crippen LogP contribution >= 0.6 is 0 Å². The van der Waals surface area contributed by atoms with Gasteiger partial charge in [-0.2, -0.15) is 26.3 Å². The SMILES string of the molecule is CC(C)CC1=C(C(F)(F)F)O/C(=C\C(F)(F)F)C(=O)N1C. The van der Waals surface area contributed by atoms with E-state index in [1.807, 2.05) is 0 Å². The largest absolute Gasteiger partial charge is 0.451 e. The molecule has 0 fully saturated rings. The van der Waals surface area contributed by atoms with Crippen LogP contribution in [-0.4, -0.2) is 30.2 Å². The molecular weight excluding hydrogens is 304 g/mol. The van der Waals surface area contributed by atoms with Gasteiger partial charge in [0.2, 0.25) is 5.76 Å². The van der Waals surface area contributed by atoms with Crippen LogP contribution in [0.2, 0.25) is 0 Å². The van der Waals surface area contributed by atoms with Gasteiger partial charge in [0.15, 0.2) is 5.76 Å². The van der Waals surface area contributed by atoms with Crippen molar-refractivity contribution in [2.45, 2.75) is 32.6 Å². The molecule has 1 amide bonds. The Morgan fingerprint density at radius 3 is 2.10 bits per heavy atom. The van der Waals surface area contributed by atoms with Crippen molar-refractivity contribution in [3.05, 3.63) is 23.3 Å². The van der Waals surface area contributed by atoms with E-state index in [-0.39, 0.29) is 12.3 Å². The van der Waals surface area contributed by atoms with E-state index in [2.05, 4.69) is 4.74 Å². The first kappa shape index (κ1) is 17.4. The van der Waals surface area contributed by atoms with Crippen LogP contribution in [0.3, 0.4) is 0 Å². The number of likely N-dealkylation sites (N-methyl/N-ethyl adjacent to an activating group) is 1. The van der Waals surface area contributed by atoms with Crippen molar-refractivity contribution in [3.63, 3.8) is 0 Å². The Labute approximate surface area is 116 Å². The van der Waals surface area contributed by atoms with Crippen LogP contribution in [0.25, 0.3) is 0 Å². The normalized spacial score (nSPS) is 19.6. The van der Waals surface area contributed by atoms with E-state index in [0.29, 0.717) is 4.90 Å². The Morgan fingerprint density at radius 2 is 1.71 bits per heavy atom. The molecule has 120 valence electrons. The number of hydrogen-bond acceptors (Lipinski definition) is 2. The molecule has 0 aromatic rings. The first-order chi connectivity index (χ1) is 9.33. The van der Waals surface area contributed by atoms with Gasteiger partial charge in [-0.25, -0.2) is 0 Å². The fraction of sp³-hybridized carbons (Fsp3) is 0.583. The second-order valence-corrected chi connectivity index (χ2v) is 4.89. The van der Waals surface area contributed by atoms with Gasteiger partial charge in [0.05, 0.1) is 11.8 Å². The molecule has 0 spiro atoms. The summed E-state index contributed by atoms with van der Waals surface area (Å²) in [6.07, 6.45) is -10.7. The average Bonchev–Trinajstić information content (AvgIpc) is 2.25. The van der Waals surface area contributed by atoms with E-state index in [9.17, 15) is 31.1 Å². The van der Waals surface area contributed by atoms with Gasteiger partial charge in [0.1, 0.15) is 0 Å². The van der Waals surface area contributed by atoms with E-state index in [1.54, 1.807) is 13.8 Å². The lowest BCUT2D eigenvalue weighted by molar-refractivity contribution is -0.147. The molecule has 1 rings (SSSR count). The van der Waals surface area contributed by atoms with Crippen LogP contribution in [0, 0.1) is 5.92 Å². The van der Waals surface area contributed by atoms with Crippen LogP contribution in [0.4, 0.5) is 26.3 Å². The highest BCUT2D eigenvalue weighted by Crippen LogP contribution is 2.38. The van der Waals surface area contributed by atoms with Crippen molar-refractivity contribution in [2.75, 3.05) is 7.05 Å². The summed E-state index contributed by atoms with van der Waals surface area (Å²) >= 11 is 0. The summed E-state index contributed by atoms with van der Waals surface area (Å²) in [5, 5.41) is 0. The number of alkyl halides is 6. The van der Waals surface area contributed by atoms with Gasteiger partial charge in [-0.05, 0) is 12.3 Å². The Balaban J connectivity index is 3.37. The summed E-state index contributed by atoms with van der Waals surface area (Å²) < 4.78 is 79.7. The molecular formula is C12H13F6NO2. The Kier molecular flexibility index (Phi) is 4.64. The molecule has 1 aliphatic rings. The predicted molar refractivity (Wildman–Crippen MR) is 60.5 cm³/mol. The standard InChI is InChI=1S/C12H13F6NO2/c1-6(2)4-7-9(12(16,17)18)21-8(5-11(13,14)15)10(20)19(7)3/h5-6H,4H2,1-3H3/b8-5-. The molecule has 0 radical (unpaired) electrons. The molecule has 1 aliphatic heterocycles. The van der Waals surface area contributed by atoms with E-state index in [1.165, 1.54) is 0 Å². The monoisotopic (exact) mass is 317 g/mol. The maximum atomic E-state index is 12.9. The Morgan fingerprint density at radius 1 is 1.19 bits per heavy atom. The van der Waals surface area contributed by atoms with Gasteiger partial charge in [-0.1, -0.05) is 13.8 Å². The van der Waals surface area contributed by atoms with Crippen molar-refractivity contribution in [1.82, 2.24) is 4.90 Å². The van der Waals surface area contributed by atoms with Gasteiger partial charge in [0.25, 0.3) is 5.91 Å². The second-order valence-electron chi connectivity index (χ2n) is 4.89. The third-order valence-corrected chi connectivity index (χ3v) is 2.55. The third kappa shape index (κ3) is 4.40. The summed E-state index contributed by atoms with van der Waals surface area (Å²) in [7, 11) is 0.985. The number of amides is 1. The van der Waals surface area contributed by atoms with Gasteiger partial charge in [-0.15, -0.1) is 0 Å². The summed E-state index contributed by atoms with van der Waals surface area (Å²) in [5.74, 6) is -4.50. The summed E-state index contributed by atoms with van der Waals surface area (Å²) in [5.41, 5.74) is -0.484. The van der Waals surface area contributed by atoms with E-state index >= 15 is 0 Å². The molecule has 0 saturated heterocycles. The highest BCUT2D eigenvalue weighted by molar-refractivity contribution is 5.93. The lowest BCUT2D eigenvalue weighted by Crippen LogP contribution is -2.38. The molecule has 0 aromatic heterocycles. The summed E-state index contributed by atoms with van der Waals surface area (Å²) in [4.78, 5) is 12.2. The molecule has 0 N–H and O–H groups in total. The molecule has 21 heavy (non-hydrogen) atoms. The molecule has 0 atom stereocenters. The molecule has 0 unspecified atom stereocenters. The van der Waals surface area contributed by atoms with Gasteiger partial charge >= 0.3 is 12.4 Å². The molecule has 0 aliphatic carbocycles. The maximum Gasteiger partial charge on any atom is 0.451 e. The minimum Gasteiger partial charge on any atom is -0.444 e. The van der Waals surface area contributed by atoms with Crippen LogP contribution in [0.15, 0.2) is 23.3 Å². The van der Waals surface area contributed by atoms with Gasteiger partial charge in [-0.3, -0.25) is 4.79 Å². The molecule has 1 heterocycles. The lowest BCUT2D eigenvalue weighted by Gasteiger charge is -2.31. The van der Waals surface area contributed by atoms with Crippen LogP contribution < -0.4 is 0 Å². The van der Waals surface area contributed by atoms with Crippen LogP contribution in [0.5, 0.6) is 0 Å². The summed E-state index contributed by atoms with van der Waals surface area (Å²) in [6.45, 7) is 3.22. The fourth-order valence-electron chi connectivity index (χ4n) is 1.73. The predicted octanol–water partition coefficient (Wildman–Crippen LogP) is 3.74. The van der Waals surface area contributed by atoms with Gasteiger partial charge < -0.3 is 9.64 Å². The lowest BCUT2D eigenvalue weighted by atomic mass is 10.0. The van der Waals surface area contributed by atoms with Crippen molar-refractivity contribution in [2.24, 2.45) is 5.92 Å². The van der Waals surface area contributed by atoms with Gasteiger partial charge in [0, 0.05) is 7.05 Å². The number of carbonyl (C=O) groups excluding carboxylic acids is 1. The quantitative estimate of drug-likeness (QED) is 0.573. The number of hydrogen-bond donors (Lipinski definition) is 0. The topological polar surface area (TPSA) is 29.5 Å². The molecule has 3 nitrogen and oxygen atoms in total. The number of rotatable bonds is 2. The fourth-order valence-corrected chi connectivity index (χ4v) is 1.73. The molecule has 9 heteroatoms. The van der Waals surface area contributed by atoms with E-state index < -0.39 is 41.6 Å². The highest BCUT2D eigenvalue weighted by atomic mass is 19.4. The second kappa shape index (κ2) is 5.61. The summed E-state index contributed by atoms with van der Waals surface area (Å²) in [6, 6.07) is 0. The zero-order chi connectivity index (χ0) is 16.6. The molecule has 0 bridgehead atoms. The van der Waals surface area contributed by atoms with Crippen LogP contribution in [-0.2, 0) is 9.53 Å². The number of carbonyl (C=O) groups is 1. The van der Waals surface area contributed by atoms with E-state index in [0.717, 1.165) is 7.05 Å². The first-order valence-corrected chi connectivity index (χ1v) is 5.88. The van der Waals surface area contributed by atoms with Crippen molar-refractivity contribution < 1.29 is 35.9 Å². The van der Waals surface area contributed by atoms with Crippen molar-refractivity contribution >= 4 is 5.91 Å². The smallest absolute Gasteiger partial charge is 0.444 e. The average molecular weight is 317 g/mol. The highest BCUT2D eigenvalue weighted by Gasteiger charge is 2.46. The number of halogens is 6. The van der Waals surface area contributed by atoms with Crippen LogP contribution in [0.1, 0.15) is 20.3 Å². The van der Waals surface area contributed by atoms with Crippen molar-refractivity contribution in [1.29, 1.82) is 0 Å². The number of ether oxygens (including phenoxy) is 1. The minimum absolute atomic E-state index is 0.156. The zero-order valence-electron chi connectivity index (χ0n) is 11.4. The maximum absolute atomic E-state index is 12.9. The first-order valence-electron chi connectivity index (χ1n) is 5.88. The van der Waals surface area contributed by atoms with Crippen molar-refractivity contribution in [3.8, 4) is 0 Å².